The van der Waals surface area contributed by atoms with Crippen molar-refractivity contribution in [2.75, 3.05) is 7.11 Å². The highest BCUT2D eigenvalue weighted by atomic mass is 79.9. The first-order chi connectivity index (χ1) is 15.8. The van der Waals surface area contributed by atoms with Crippen LogP contribution in [-0.4, -0.2) is 24.7 Å². The molecule has 0 aliphatic heterocycles. The van der Waals surface area contributed by atoms with Crippen molar-refractivity contribution in [1.29, 1.82) is 0 Å². The molecule has 4 N–H and O–H groups in total. The molecule has 0 bridgehead atoms. The average Bonchev–Trinajstić information content (AvgIpc) is 2.81. The maximum absolute atomic E-state index is 12.5. The molecular formula is C25H21BrN2O5. The number of carbonyl (C=O) groups is 3. The van der Waals surface area contributed by atoms with Crippen LogP contribution in [0.25, 0.3) is 6.08 Å². The molecule has 3 aromatic carbocycles. The Hall–Kier alpha value is -3.91. The SMILES string of the molecule is COc1cc(C=CC(=O)c2cccc(C(N)=O)c2)cc(Br)c1OCc1cccc(C(N)=O)c1. The number of allylic oxidation sites excluding steroid dienone is 1. The monoisotopic (exact) mass is 508 g/mol. The van der Waals surface area contributed by atoms with Gasteiger partial charge in [-0.15, -0.1) is 0 Å². The van der Waals surface area contributed by atoms with E-state index in [1.54, 1.807) is 54.6 Å². The minimum Gasteiger partial charge on any atom is -0.493 e. The van der Waals surface area contributed by atoms with Crippen LogP contribution in [0.2, 0.25) is 0 Å². The molecule has 3 rings (SSSR count). The fraction of sp³-hybridized carbons (Fsp3) is 0.0800. The number of halogens is 1. The van der Waals surface area contributed by atoms with Gasteiger partial charge in [0, 0.05) is 16.7 Å². The van der Waals surface area contributed by atoms with Crippen molar-refractivity contribution < 1.29 is 23.9 Å². The maximum Gasteiger partial charge on any atom is 0.248 e. The van der Waals surface area contributed by atoms with Crippen LogP contribution in [0.3, 0.4) is 0 Å². The van der Waals surface area contributed by atoms with Gasteiger partial charge in [-0.1, -0.05) is 30.3 Å². The molecule has 0 heterocycles. The van der Waals surface area contributed by atoms with Crippen molar-refractivity contribution in [1.82, 2.24) is 0 Å². The third-order valence-corrected chi connectivity index (χ3v) is 5.29. The van der Waals surface area contributed by atoms with Gasteiger partial charge in [-0.05, 0) is 69.5 Å². The quantitative estimate of drug-likeness (QED) is 0.332. The van der Waals surface area contributed by atoms with Gasteiger partial charge < -0.3 is 20.9 Å². The van der Waals surface area contributed by atoms with Gasteiger partial charge in [-0.3, -0.25) is 14.4 Å². The third-order valence-electron chi connectivity index (χ3n) is 4.71. The average molecular weight is 509 g/mol. The molecule has 33 heavy (non-hydrogen) atoms. The van der Waals surface area contributed by atoms with Crippen molar-refractivity contribution in [3.05, 3.63) is 99.0 Å². The summed E-state index contributed by atoms with van der Waals surface area (Å²) in [6, 6.07) is 16.6. The van der Waals surface area contributed by atoms with Gasteiger partial charge >= 0.3 is 0 Å². The second-order valence-electron chi connectivity index (χ2n) is 7.03. The standard InChI is InChI=1S/C25H21BrN2O5/c1-32-22-12-15(8-9-21(29)17-5-3-7-19(13-17)25(28)31)11-20(26)23(22)33-14-16-4-2-6-18(10-16)24(27)30/h2-13H,14H2,1H3,(H2,27,30)(H2,28,31). The summed E-state index contributed by atoms with van der Waals surface area (Å²) in [5.74, 6) is -0.456. The van der Waals surface area contributed by atoms with Gasteiger partial charge in [0.2, 0.25) is 11.8 Å². The molecule has 2 amide bonds. The molecule has 168 valence electrons. The number of rotatable bonds is 9. The highest BCUT2D eigenvalue weighted by Gasteiger charge is 2.13. The van der Waals surface area contributed by atoms with Crippen LogP contribution in [0.1, 0.15) is 42.2 Å². The van der Waals surface area contributed by atoms with Crippen molar-refractivity contribution in [2.45, 2.75) is 6.61 Å². The third kappa shape index (κ3) is 6.08. The topological polar surface area (TPSA) is 122 Å². The van der Waals surface area contributed by atoms with E-state index in [9.17, 15) is 14.4 Å². The zero-order valence-electron chi connectivity index (χ0n) is 17.7. The Balaban J connectivity index is 1.78. The number of hydrogen-bond donors (Lipinski definition) is 2. The summed E-state index contributed by atoms with van der Waals surface area (Å²) < 4.78 is 12.0. The summed E-state index contributed by atoms with van der Waals surface area (Å²) >= 11 is 3.48. The number of ether oxygens (including phenoxy) is 2. The lowest BCUT2D eigenvalue weighted by molar-refractivity contribution is 0.0991. The van der Waals surface area contributed by atoms with Gasteiger partial charge in [0.05, 0.1) is 11.6 Å². The number of nitrogens with two attached hydrogens (primary N) is 2. The first-order valence-electron chi connectivity index (χ1n) is 9.80. The van der Waals surface area contributed by atoms with E-state index in [2.05, 4.69) is 15.9 Å². The van der Waals surface area contributed by atoms with E-state index in [0.29, 0.717) is 32.7 Å². The van der Waals surface area contributed by atoms with Crippen LogP contribution >= 0.6 is 15.9 Å². The molecule has 3 aromatic rings. The smallest absolute Gasteiger partial charge is 0.248 e. The lowest BCUT2D eigenvalue weighted by atomic mass is 10.1. The molecule has 0 saturated heterocycles. The van der Waals surface area contributed by atoms with Crippen molar-refractivity contribution >= 4 is 39.6 Å². The van der Waals surface area contributed by atoms with E-state index in [1.165, 1.54) is 19.3 Å². The Morgan fingerprint density at radius 3 is 2.21 bits per heavy atom. The molecular weight excluding hydrogens is 488 g/mol. The van der Waals surface area contributed by atoms with Gasteiger partial charge in [0.25, 0.3) is 0 Å². The first-order valence-corrected chi connectivity index (χ1v) is 10.6. The van der Waals surface area contributed by atoms with Crippen molar-refractivity contribution in [3.8, 4) is 11.5 Å². The van der Waals surface area contributed by atoms with Crippen LogP contribution in [-0.2, 0) is 6.61 Å². The fourth-order valence-corrected chi connectivity index (χ4v) is 3.61. The fourth-order valence-electron chi connectivity index (χ4n) is 3.04. The Kier molecular flexibility index (Phi) is 7.63. The van der Waals surface area contributed by atoms with Crippen molar-refractivity contribution in [2.24, 2.45) is 11.5 Å². The zero-order valence-corrected chi connectivity index (χ0v) is 19.3. The number of primary amides is 2. The number of amides is 2. The second kappa shape index (κ2) is 10.6. The summed E-state index contributed by atoms with van der Waals surface area (Å²) in [5, 5.41) is 0. The van der Waals surface area contributed by atoms with Crippen LogP contribution in [0.15, 0.2) is 71.2 Å². The van der Waals surface area contributed by atoms with Crippen LogP contribution in [0.5, 0.6) is 11.5 Å². The summed E-state index contributed by atoms with van der Waals surface area (Å²) in [4.78, 5) is 35.2. The molecule has 0 unspecified atom stereocenters. The molecule has 7 nitrogen and oxygen atoms in total. The molecule has 0 aliphatic carbocycles. The minimum atomic E-state index is -0.598. The number of ketones is 1. The molecule has 0 aliphatic rings. The van der Waals surface area contributed by atoms with Gasteiger partial charge in [-0.25, -0.2) is 0 Å². The summed E-state index contributed by atoms with van der Waals surface area (Å²) in [6.45, 7) is 0.194. The second-order valence-corrected chi connectivity index (χ2v) is 7.88. The maximum atomic E-state index is 12.5. The van der Waals surface area contributed by atoms with E-state index in [0.717, 1.165) is 5.56 Å². The number of carbonyl (C=O) groups excluding carboxylic acids is 3. The highest BCUT2D eigenvalue weighted by Crippen LogP contribution is 2.37. The molecule has 0 saturated carbocycles. The minimum absolute atomic E-state index is 0.194. The summed E-state index contributed by atoms with van der Waals surface area (Å²) in [5.41, 5.74) is 13.1. The molecule has 0 fully saturated rings. The molecule has 0 aromatic heterocycles. The van der Waals surface area contributed by atoms with Crippen molar-refractivity contribution in [3.63, 3.8) is 0 Å². The lowest BCUT2D eigenvalue weighted by Gasteiger charge is -2.14. The van der Waals surface area contributed by atoms with Crippen LogP contribution in [0, 0.1) is 0 Å². The van der Waals surface area contributed by atoms with Crippen LogP contribution < -0.4 is 20.9 Å². The predicted molar refractivity (Wildman–Crippen MR) is 128 cm³/mol. The predicted octanol–water partition coefficient (Wildman–Crippen LogP) is 4.13. The zero-order chi connectivity index (χ0) is 24.0. The molecule has 8 heteroatoms. The number of benzene rings is 3. The Morgan fingerprint density at radius 1 is 0.909 bits per heavy atom. The van der Waals surface area contributed by atoms with E-state index < -0.39 is 11.8 Å². The van der Waals surface area contributed by atoms with E-state index in [1.807, 2.05) is 6.07 Å². The summed E-state index contributed by atoms with van der Waals surface area (Å²) in [6.07, 6.45) is 3.03. The van der Waals surface area contributed by atoms with E-state index in [-0.39, 0.29) is 18.0 Å². The molecule has 0 radical (unpaired) electrons. The Bertz CT molecular complexity index is 1250. The van der Waals surface area contributed by atoms with E-state index >= 15 is 0 Å². The normalized spacial score (nSPS) is 10.7. The largest absolute Gasteiger partial charge is 0.493 e. The van der Waals surface area contributed by atoms with Gasteiger partial charge in [0.15, 0.2) is 17.3 Å². The van der Waals surface area contributed by atoms with E-state index in [4.69, 9.17) is 20.9 Å². The number of methoxy groups -OCH3 is 1. The van der Waals surface area contributed by atoms with Crippen LogP contribution in [0.4, 0.5) is 0 Å². The lowest BCUT2D eigenvalue weighted by Crippen LogP contribution is -2.11. The van der Waals surface area contributed by atoms with Gasteiger partial charge in [-0.2, -0.15) is 0 Å². The number of hydrogen-bond acceptors (Lipinski definition) is 5. The van der Waals surface area contributed by atoms with Gasteiger partial charge in [0.1, 0.15) is 6.61 Å². The summed E-state index contributed by atoms with van der Waals surface area (Å²) in [7, 11) is 1.51. The highest BCUT2D eigenvalue weighted by molar-refractivity contribution is 9.10. The Morgan fingerprint density at radius 2 is 1.55 bits per heavy atom. The first kappa shape index (κ1) is 23.7. The molecule has 0 spiro atoms. The Labute approximate surface area is 199 Å². The molecule has 0 atom stereocenters.